The lowest BCUT2D eigenvalue weighted by molar-refractivity contribution is -0.147. The van der Waals surface area contributed by atoms with Gasteiger partial charge in [0.1, 0.15) is 12.1 Å². The zero-order chi connectivity index (χ0) is 14.0. The molecule has 1 fully saturated rings. The topological polar surface area (TPSA) is 75.1 Å². The van der Waals surface area contributed by atoms with Gasteiger partial charge in [-0.3, -0.25) is 4.79 Å². The highest BCUT2D eigenvalue weighted by Gasteiger charge is 2.45. The predicted octanol–water partition coefficient (Wildman–Crippen LogP) is 2.66. The Labute approximate surface area is 113 Å². The van der Waals surface area contributed by atoms with Crippen molar-refractivity contribution in [1.29, 1.82) is 0 Å². The molecule has 0 radical (unpaired) electrons. The van der Waals surface area contributed by atoms with Crippen LogP contribution in [0.3, 0.4) is 0 Å². The van der Waals surface area contributed by atoms with E-state index in [1.807, 2.05) is 13.0 Å². The zero-order valence-electron chi connectivity index (χ0n) is 11.7. The Morgan fingerprint density at radius 2 is 2.26 bits per heavy atom. The molecule has 0 aliphatic heterocycles. The first-order chi connectivity index (χ1) is 8.93. The number of aromatic nitrogens is 2. The van der Waals surface area contributed by atoms with E-state index in [1.54, 1.807) is 0 Å². The number of hydrogen-bond donors (Lipinski definition) is 2. The third-order valence-corrected chi connectivity index (χ3v) is 4.05. The van der Waals surface area contributed by atoms with Crippen LogP contribution >= 0.6 is 0 Å². The van der Waals surface area contributed by atoms with Crippen LogP contribution in [0.2, 0.25) is 0 Å². The van der Waals surface area contributed by atoms with Crippen LogP contribution in [-0.2, 0) is 4.79 Å². The number of aliphatic carboxylic acids is 1. The van der Waals surface area contributed by atoms with Gasteiger partial charge in [0, 0.05) is 17.8 Å². The Bertz CT molecular complexity index is 476. The highest BCUT2D eigenvalue weighted by Crippen LogP contribution is 2.39. The lowest BCUT2D eigenvalue weighted by Gasteiger charge is -2.28. The lowest BCUT2D eigenvalue weighted by Crippen LogP contribution is -2.40. The molecule has 2 rings (SSSR count). The van der Waals surface area contributed by atoms with Crippen molar-refractivity contribution < 1.29 is 9.90 Å². The molecule has 2 atom stereocenters. The van der Waals surface area contributed by atoms with E-state index < -0.39 is 11.4 Å². The lowest BCUT2D eigenvalue weighted by atomic mass is 9.85. The molecule has 104 valence electrons. The molecule has 1 heterocycles. The number of carbonyl (C=O) groups is 1. The van der Waals surface area contributed by atoms with E-state index in [4.69, 9.17) is 0 Å². The Balaban J connectivity index is 2.17. The second-order valence-electron chi connectivity index (χ2n) is 5.79. The number of nitrogens with one attached hydrogen (secondary N) is 1. The van der Waals surface area contributed by atoms with Crippen molar-refractivity contribution in [2.45, 2.75) is 52.0 Å². The van der Waals surface area contributed by atoms with Crippen LogP contribution in [0.25, 0.3) is 0 Å². The minimum Gasteiger partial charge on any atom is -0.481 e. The van der Waals surface area contributed by atoms with E-state index in [9.17, 15) is 9.90 Å². The summed E-state index contributed by atoms with van der Waals surface area (Å²) in [6, 6.07) is 1.84. The van der Waals surface area contributed by atoms with E-state index >= 15 is 0 Å². The van der Waals surface area contributed by atoms with Gasteiger partial charge in [-0.15, -0.1) is 0 Å². The van der Waals surface area contributed by atoms with Gasteiger partial charge >= 0.3 is 5.97 Å². The molecule has 0 aromatic carbocycles. The van der Waals surface area contributed by atoms with Crippen molar-refractivity contribution in [3.8, 4) is 0 Å². The minimum atomic E-state index is -0.736. The van der Waals surface area contributed by atoms with Crippen molar-refractivity contribution in [1.82, 2.24) is 9.97 Å². The second kappa shape index (κ2) is 5.15. The molecule has 2 N–H and O–H groups in total. The standard InChI is InChI=1S/C14H21N3O2/c1-9(2)10-7-12(16-8-15-10)17-11-5-4-6-14(11,3)13(18)19/h7-9,11H,4-6H2,1-3H3,(H,18,19)(H,15,16,17). The molecule has 0 bridgehead atoms. The summed E-state index contributed by atoms with van der Waals surface area (Å²) < 4.78 is 0. The first-order valence-corrected chi connectivity index (χ1v) is 6.75. The fourth-order valence-electron chi connectivity index (χ4n) is 2.60. The van der Waals surface area contributed by atoms with Crippen molar-refractivity contribution in [3.63, 3.8) is 0 Å². The Morgan fingerprint density at radius 3 is 2.89 bits per heavy atom. The molecule has 5 nitrogen and oxygen atoms in total. The van der Waals surface area contributed by atoms with Gasteiger partial charge in [-0.25, -0.2) is 9.97 Å². The molecular formula is C14H21N3O2. The fraction of sp³-hybridized carbons (Fsp3) is 0.643. The summed E-state index contributed by atoms with van der Waals surface area (Å²) in [6.45, 7) is 5.96. The Kier molecular flexibility index (Phi) is 3.73. The molecular weight excluding hydrogens is 242 g/mol. The molecule has 0 saturated heterocycles. The second-order valence-corrected chi connectivity index (χ2v) is 5.79. The van der Waals surface area contributed by atoms with Gasteiger partial charge in [-0.1, -0.05) is 20.3 Å². The van der Waals surface area contributed by atoms with Crippen LogP contribution in [0, 0.1) is 5.41 Å². The normalized spacial score (nSPS) is 26.6. The highest BCUT2D eigenvalue weighted by molar-refractivity contribution is 5.76. The largest absolute Gasteiger partial charge is 0.481 e. The van der Waals surface area contributed by atoms with Gasteiger partial charge in [0.05, 0.1) is 5.41 Å². The summed E-state index contributed by atoms with van der Waals surface area (Å²) in [4.78, 5) is 19.8. The molecule has 1 aromatic rings. The number of carboxylic acid groups (broad SMARTS) is 1. The van der Waals surface area contributed by atoms with Gasteiger partial charge < -0.3 is 10.4 Å². The number of nitrogens with zero attached hydrogens (tertiary/aromatic N) is 2. The summed E-state index contributed by atoms with van der Waals surface area (Å²) in [5.74, 6) is 0.316. The first kappa shape index (κ1) is 13.8. The van der Waals surface area contributed by atoms with E-state index in [1.165, 1.54) is 6.33 Å². The van der Waals surface area contributed by atoms with Gasteiger partial charge in [0.15, 0.2) is 0 Å². The number of hydrogen-bond acceptors (Lipinski definition) is 4. The van der Waals surface area contributed by atoms with E-state index in [2.05, 4.69) is 29.1 Å². The molecule has 1 aliphatic rings. The Hall–Kier alpha value is -1.65. The summed E-state index contributed by atoms with van der Waals surface area (Å²) in [6.07, 6.45) is 4.04. The third kappa shape index (κ3) is 2.69. The molecule has 0 spiro atoms. The van der Waals surface area contributed by atoms with Crippen molar-refractivity contribution in [2.75, 3.05) is 5.32 Å². The first-order valence-electron chi connectivity index (χ1n) is 6.75. The monoisotopic (exact) mass is 263 g/mol. The van der Waals surface area contributed by atoms with Gasteiger partial charge in [-0.2, -0.15) is 0 Å². The summed E-state index contributed by atoms with van der Waals surface area (Å²) in [5, 5.41) is 12.7. The van der Waals surface area contributed by atoms with Crippen LogP contribution in [-0.4, -0.2) is 27.1 Å². The van der Waals surface area contributed by atoms with E-state index in [0.29, 0.717) is 12.3 Å². The van der Waals surface area contributed by atoms with Crippen molar-refractivity contribution in [3.05, 3.63) is 18.1 Å². The third-order valence-electron chi connectivity index (χ3n) is 4.05. The number of anilines is 1. The fourth-order valence-corrected chi connectivity index (χ4v) is 2.60. The van der Waals surface area contributed by atoms with Gasteiger partial charge in [0.25, 0.3) is 0 Å². The van der Waals surface area contributed by atoms with Crippen molar-refractivity contribution in [2.24, 2.45) is 5.41 Å². The van der Waals surface area contributed by atoms with Crippen LogP contribution in [0.15, 0.2) is 12.4 Å². The molecule has 1 aromatic heterocycles. The number of carboxylic acids is 1. The quantitative estimate of drug-likeness (QED) is 0.873. The summed E-state index contributed by atoms with van der Waals surface area (Å²) in [5.41, 5.74) is 0.260. The molecule has 0 amide bonds. The SMILES string of the molecule is CC(C)c1cc(NC2CCCC2(C)C(=O)O)ncn1. The van der Waals surface area contributed by atoms with Crippen molar-refractivity contribution >= 4 is 11.8 Å². The maximum absolute atomic E-state index is 11.4. The van der Waals surface area contributed by atoms with Gasteiger partial charge in [0.2, 0.25) is 0 Å². The maximum atomic E-state index is 11.4. The molecule has 2 unspecified atom stereocenters. The van der Waals surface area contributed by atoms with Crippen LogP contribution in [0.5, 0.6) is 0 Å². The minimum absolute atomic E-state index is 0.0695. The summed E-state index contributed by atoms with van der Waals surface area (Å²) in [7, 11) is 0. The Morgan fingerprint density at radius 1 is 1.53 bits per heavy atom. The highest BCUT2D eigenvalue weighted by atomic mass is 16.4. The van der Waals surface area contributed by atoms with Gasteiger partial charge in [-0.05, 0) is 25.7 Å². The smallest absolute Gasteiger partial charge is 0.311 e. The van der Waals surface area contributed by atoms with E-state index in [-0.39, 0.29) is 6.04 Å². The molecule has 1 aliphatic carbocycles. The summed E-state index contributed by atoms with van der Waals surface area (Å²) >= 11 is 0. The van der Waals surface area contributed by atoms with E-state index in [0.717, 1.165) is 24.4 Å². The average Bonchev–Trinajstić information content (AvgIpc) is 2.73. The van der Waals surface area contributed by atoms with Crippen LogP contribution in [0.4, 0.5) is 5.82 Å². The molecule has 5 heteroatoms. The predicted molar refractivity (Wildman–Crippen MR) is 73.1 cm³/mol. The molecule has 1 saturated carbocycles. The number of rotatable bonds is 4. The average molecular weight is 263 g/mol. The van der Waals surface area contributed by atoms with Crippen LogP contribution < -0.4 is 5.32 Å². The maximum Gasteiger partial charge on any atom is 0.311 e. The molecule has 19 heavy (non-hydrogen) atoms. The zero-order valence-corrected chi connectivity index (χ0v) is 11.7. The van der Waals surface area contributed by atoms with Crippen LogP contribution in [0.1, 0.15) is 51.6 Å².